The van der Waals surface area contributed by atoms with Crippen LogP contribution < -0.4 is 5.56 Å². The molecule has 0 aliphatic rings. The maximum Gasteiger partial charge on any atom is 0.276 e. The molecule has 1 heterocycles. The van der Waals surface area contributed by atoms with Crippen molar-refractivity contribution in [1.82, 2.24) is 4.57 Å². The molecule has 1 aromatic heterocycles. The normalized spacial score (nSPS) is 9.63. The highest BCUT2D eigenvalue weighted by molar-refractivity contribution is 5.47. The summed E-state index contributed by atoms with van der Waals surface area (Å²) in [5.41, 5.74) is 0.494. The van der Waals surface area contributed by atoms with Crippen LogP contribution in [0.5, 0.6) is 5.88 Å². The average molecular weight is 251 g/mol. The first-order valence-electron chi connectivity index (χ1n) is 5.44. The highest BCUT2D eigenvalue weighted by Gasteiger charge is 2.13. The van der Waals surface area contributed by atoms with Gasteiger partial charge in [0.2, 0.25) is 0 Å². The molecule has 19 heavy (non-hydrogen) atoms. The summed E-state index contributed by atoms with van der Waals surface area (Å²) in [5.74, 6) is -0.267. The molecule has 2 rings (SSSR count). The van der Waals surface area contributed by atoms with Crippen molar-refractivity contribution in [2.75, 3.05) is 0 Å². The summed E-state index contributed by atoms with van der Waals surface area (Å²) >= 11 is 0. The Bertz CT molecular complexity index is 792. The van der Waals surface area contributed by atoms with Crippen LogP contribution in [0.1, 0.15) is 16.7 Å². The second-order valence-corrected chi connectivity index (χ2v) is 3.98. The molecule has 0 unspecified atom stereocenters. The van der Waals surface area contributed by atoms with Gasteiger partial charge in [-0.05, 0) is 30.7 Å². The number of hydrogen-bond donors (Lipinski definition) is 1. The molecule has 92 valence electrons. The molecular formula is C14H9N3O2. The molecule has 0 saturated carbocycles. The van der Waals surface area contributed by atoms with Gasteiger partial charge in [0.05, 0.1) is 17.3 Å². The molecule has 0 spiro atoms. The molecule has 0 amide bonds. The van der Waals surface area contributed by atoms with E-state index < -0.39 is 5.56 Å². The number of aromatic hydroxyl groups is 1. The lowest BCUT2D eigenvalue weighted by molar-refractivity contribution is 0.434. The molecule has 0 bridgehead atoms. The van der Waals surface area contributed by atoms with Crippen molar-refractivity contribution in [3.63, 3.8) is 0 Å². The van der Waals surface area contributed by atoms with E-state index in [1.54, 1.807) is 25.1 Å². The van der Waals surface area contributed by atoms with Crippen molar-refractivity contribution < 1.29 is 5.11 Å². The van der Waals surface area contributed by atoms with Crippen LogP contribution >= 0.6 is 0 Å². The first-order valence-corrected chi connectivity index (χ1v) is 5.44. The molecule has 0 atom stereocenters. The number of benzene rings is 1. The van der Waals surface area contributed by atoms with Crippen LogP contribution in [0.4, 0.5) is 0 Å². The van der Waals surface area contributed by atoms with Crippen molar-refractivity contribution in [3.05, 3.63) is 57.4 Å². The van der Waals surface area contributed by atoms with Crippen LogP contribution in [-0.4, -0.2) is 9.67 Å². The maximum absolute atomic E-state index is 12.1. The van der Waals surface area contributed by atoms with Gasteiger partial charge in [-0.1, -0.05) is 6.07 Å². The number of aromatic nitrogens is 1. The summed E-state index contributed by atoms with van der Waals surface area (Å²) in [5, 5.41) is 27.7. The third-order valence-electron chi connectivity index (χ3n) is 2.73. The number of rotatable bonds is 1. The zero-order valence-corrected chi connectivity index (χ0v) is 10.1. The predicted octanol–water partition coefficient (Wildman–Crippen LogP) is 1.59. The van der Waals surface area contributed by atoms with Crippen LogP contribution in [0.3, 0.4) is 0 Å². The van der Waals surface area contributed by atoms with Gasteiger partial charge >= 0.3 is 0 Å². The van der Waals surface area contributed by atoms with Gasteiger partial charge in [0.25, 0.3) is 5.56 Å². The summed E-state index contributed by atoms with van der Waals surface area (Å²) in [4.78, 5) is 12.1. The second kappa shape index (κ2) is 4.67. The zero-order chi connectivity index (χ0) is 14.0. The van der Waals surface area contributed by atoms with E-state index in [2.05, 4.69) is 0 Å². The third-order valence-corrected chi connectivity index (χ3v) is 2.73. The summed E-state index contributed by atoms with van der Waals surface area (Å²) in [6.45, 7) is 1.58. The molecule has 0 aliphatic carbocycles. The Morgan fingerprint density at radius 1 is 1.21 bits per heavy atom. The van der Waals surface area contributed by atoms with Gasteiger partial charge in [-0.2, -0.15) is 10.5 Å². The van der Waals surface area contributed by atoms with E-state index in [9.17, 15) is 9.90 Å². The van der Waals surface area contributed by atoms with Gasteiger partial charge in [0.15, 0.2) is 5.88 Å². The molecule has 2 aromatic rings. The van der Waals surface area contributed by atoms with Crippen LogP contribution in [0.25, 0.3) is 5.69 Å². The fourth-order valence-electron chi connectivity index (χ4n) is 1.81. The average Bonchev–Trinajstić information content (AvgIpc) is 2.39. The lowest BCUT2D eigenvalue weighted by Crippen LogP contribution is -2.22. The molecule has 5 heteroatoms. The zero-order valence-electron chi connectivity index (χ0n) is 10.1. The minimum absolute atomic E-state index is 0.0276. The van der Waals surface area contributed by atoms with E-state index in [1.807, 2.05) is 12.1 Å². The van der Waals surface area contributed by atoms with E-state index >= 15 is 0 Å². The molecule has 0 radical (unpaired) electrons. The first-order chi connectivity index (χ1) is 9.08. The fraction of sp³-hybridized carbons (Fsp3) is 0.0714. The Kier molecular flexibility index (Phi) is 3.05. The van der Waals surface area contributed by atoms with E-state index in [1.165, 1.54) is 12.1 Å². The largest absolute Gasteiger partial charge is 0.494 e. The lowest BCUT2D eigenvalue weighted by atomic mass is 10.1. The topological polar surface area (TPSA) is 89.8 Å². The molecule has 5 nitrogen and oxygen atoms in total. The Hall–Kier alpha value is -3.05. The van der Waals surface area contributed by atoms with Gasteiger partial charge in [-0.3, -0.25) is 4.79 Å². The number of aryl methyl sites for hydroxylation is 1. The van der Waals surface area contributed by atoms with Crippen molar-refractivity contribution >= 4 is 0 Å². The van der Waals surface area contributed by atoms with Crippen molar-refractivity contribution in [2.45, 2.75) is 6.92 Å². The van der Waals surface area contributed by atoms with Gasteiger partial charge in [0, 0.05) is 6.07 Å². The van der Waals surface area contributed by atoms with Gasteiger partial charge in [0.1, 0.15) is 11.6 Å². The molecular weight excluding hydrogens is 242 g/mol. The number of pyridine rings is 1. The minimum Gasteiger partial charge on any atom is -0.494 e. The summed E-state index contributed by atoms with van der Waals surface area (Å²) in [6.07, 6.45) is 0. The summed E-state index contributed by atoms with van der Waals surface area (Å²) in [7, 11) is 0. The van der Waals surface area contributed by atoms with Gasteiger partial charge < -0.3 is 5.11 Å². The third kappa shape index (κ3) is 2.05. The molecule has 0 fully saturated rings. The Morgan fingerprint density at radius 3 is 2.58 bits per heavy atom. The monoisotopic (exact) mass is 251 g/mol. The van der Waals surface area contributed by atoms with Crippen molar-refractivity contribution in [3.8, 4) is 23.7 Å². The van der Waals surface area contributed by atoms with E-state index in [-0.39, 0.29) is 11.4 Å². The quantitative estimate of drug-likeness (QED) is 0.833. The van der Waals surface area contributed by atoms with Crippen molar-refractivity contribution in [1.29, 1.82) is 10.5 Å². The van der Waals surface area contributed by atoms with E-state index in [0.29, 0.717) is 16.8 Å². The molecule has 1 N–H and O–H groups in total. The molecule has 0 saturated heterocycles. The standard InChI is InChI=1S/C14H9N3O2/c1-9-5-13(18)17(14(19)12(9)8-16)11-4-2-3-10(6-11)7-15/h2-6,18H,1H3. The predicted molar refractivity (Wildman–Crippen MR) is 67.9 cm³/mol. The van der Waals surface area contributed by atoms with Crippen LogP contribution in [0, 0.1) is 29.6 Å². The molecule has 1 aromatic carbocycles. The second-order valence-electron chi connectivity index (χ2n) is 3.98. The van der Waals surface area contributed by atoms with Crippen LogP contribution in [0.15, 0.2) is 35.1 Å². The SMILES string of the molecule is Cc1cc(O)n(-c2cccc(C#N)c2)c(=O)c1C#N. The first kappa shape index (κ1) is 12.4. The minimum atomic E-state index is -0.602. The van der Waals surface area contributed by atoms with Crippen LogP contribution in [0.2, 0.25) is 0 Å². The number of nitrogens with zero attached hydrogens (tertiary/aromatic N) is 3. The summed E-state index contributed by atoms with van der Waals surface area (Å²) in [6, 6.07) is 11.4. The highest BCUT2D eigenvalue weighted by Crippen LogP contribution is 2.18. The Morgan fingerprint density at radius 2 is 1.95 bits per heavy atom. The Balaban J connectivity index is 2.80. The van der Waals surface area contributed by atoms with Crippen molar-refractivity contribution in [2.24, 2.45) is 0 Å². The number of nitriles is 2. The highest BCUT2D eigenvalue weighted by atomic mass is 16.3. The fourth-order valence-corrected chi connectivity index (χ4v) is 1.81. The smallest absolute Gasteiger partial charge is 0.276 e. The van der Waals surface area contributed by atoms with Gasteiger partial charge in [-0.15, -0.1) is 0 Å². The van der Waals surface area contributed by atoms with E-state index in [4.69, 9.17) is 10.5 Å². The molecule has 0 aliphatic heterocycles. The van der Waals surface area contributed by atoms with Crippen LogP contribution in [-0.2, 0) is 0 Å². The number of hydrogen-bond acceptors (Lipinski definition) is 4. The van der Waals surface area contributed by atoms with Gasteiger partial charge in [-0.25, -0.2) is 4.57 Å². The summed E-state index contributed by atoms with van der Waals surface area (Å²) < 4.78 is 1.01. The Labute approximate surface area is 109 Å². The van der Waals surface area contributed by atoms with E-state index in [0.717, 1.165) is 4.57 Å². The maximum atomic E-state index is 12.1. The lowest BCUT2D eigenvalue weighted by Gasteiger charge is -2.10.